The number of rotatable bonds is 3. The fourth-order valence-corrected chi connectivity index (χ4v) is 1.65. The van der Waals surface area contributed by atoms with E-state index in [4.69, 9.17) is 22.4 Å². The van der Waals surface area contributed by atoms with Gasteiger partial charge in [-0.25, -0.2) is 4.79 Å². The van der Waals surface area contributed by atoms with E-state index >= 15 is 0 Å². The molecule has 0 radical (unpaired) electrons. The van der Waals surface area contributed by atoms with Gasteiger partial charge in [0.05, 0.1) is 27.6 Å². The number of nitrogen functional groups attached to an aromatic ring is 1. The number of hydrogen-bond acceptors (Lipinski definition) is 5. The molecule has 0 aliphatic rings. The van der Waals surface area contributed by atoms with Gasteiger partial charge in [-0.15, -0.1) is 0 Å². The molecule has 0 unspecified atom stereocenters. The zero-order chi connectivity index (χ0) is 14.7. The molecule has 0 aromatic heterocycles. The summed E-state index contributed by atoms with van der Waals surface area (Å²) in [4.78, 5) is 10.9. The Morgan fingerprint density at radius 3 is 2.30 bits per heavy atom. The topological polar surface area (TPSA) is 108 Å². The molecule has 0 fully saturated rings. The highest BCUT2D eigenvalue weighted by Crippen LogP contribution is 2.28. The van der Waals surface area contributed by atoms with Crippen LogP contribution >= 0.6 is 11.6 Å². The highest BCUT2D eigenvalue weighted by atomic mass is 35.5. The molecule has 6 nitrogen and oxygen atoms in total. The lowest BCUT2D eigenvalue weighted by atomic mass is 10.2. The van der Waals surface area contributed by atoms with Crippen LogP contribution in [0.1, 0.15) is 10.4 Å². The maximum Gasteiger partial charge on any atom is 0.337 e. The maximum atomic E-state index is 10.9. The fourth-order valence-electron chi connectivity index (χ4n) is 1.45. The van der Waals surface area contributed by atoms with E-state index in [9.17, 15) is 9.90 Å². The molecule has 0 aliphatic carbocycles. The number of halogens is 1. The summed E-state index contributed by atoms with van der Waals surface area (Å²) in [5, 5.41) is 26.3. The molecule has 0 bridgehead atoms. The van der Waals surface area contributed by atoms with Crippen molar-refractivity contribution < 1.29 is 15.0 Å². The van der Waals surface area contributed by atoms with Crippen LogP contribution in [-0.4, -0.2) is 16.2 Å². The average molecular weight is 292 g/mol. The Balaban J connectivity index is 2.29. The molecule has 2 aromatic carbocycles. The highest BCUT2D eigenvalue weighted by molar-refractivity contribution is 6.33. The lowest BCUT2D eigenvalue weighted by molar-refractivity contribution is 0.0697. The second kappa shape index (κ2) is 5.58. The van der Waals surface area contributed by atoms with Crippen LogP contribution in [0.3, 0.4) is 0 Å². The van der Waals surface area contributed by atoms with Gasteiger partial charge in [-0.05, 0) is 30.3 Å². The fraction of sp³-hybridized carbons (Fsp3) is 0. The first-order chi connectivity index (χ1) is 9.47. The minimum Gasteiger partial charge on any atom is -0.506 e. The van der Waals surface area contributed by atoms with E-state index in [1.165, 1.54) is 30.3 Å². The predicted octanol–water partition coefficient (Wildman–Crippen LogP) is 3.74. The first-order valence-corrected chi connectivity index (χ1v) is 5.88. The third-order valence-corrected chi connectivity index (χ3v) is 2.80. The monoisotopic (exact) mass is 291 g/mol. The number of phenols is 1. The van der Waals surface area contributed by atoms with Gasteiger partial charge in [-0.3, -0.25) is 0 Å². The summed E-state index contributed by atoms with van der Waals surface area (Å²) in [6.07, 6.45) is 0. The summed E-state index contributed by atoms with van der Waals surface area (Å²) in [5.41, 5.74) is 6.38. The van der Waals surface area contributed by atoms with Gasteiger partial charge < -0.3 is 15.9 Å². The molecule has 0 saturated carbocycles. The first-order valence-electron chi connectivity index (χ1n) is 5.50. The van der Waals surface area contributed by atoms with Crippen molar-refractivity contribution in [2.75, 3.05) is 5.73 Å². The van der Waals surface area contributed by atoms with Crippen molar-refractivity contribution in [3.05, 3.63) is 47.0 Å². The van der Waals surface area contributed by atoms with Crippen LogP contribution in [0.5, 0.6) is 5.75 Å². The average Bonchev–Trinajstić information content (AvgIpc) is 2.41. The predicted molar refractivity (Wildman–Crippen MR) is 75.1 cm³/mol. The molecule has 0 aliphatic heterocycles. The highest BCUT2D eigenvalue weighted by Gasteiger charge is 2.09. The van der Waals surface area contributed by atoms with Crippen molar-refractivity contribution >= 4 is 34.6 Å². The van der Waals surface area contributed by atoms with Crippen molar-refractivity contribution in [3.63, 3.8) is 0 Å². The van der Waals surface area contributed by atoms with Crippen LogP contribution in [0.2, 0.25) is 5.02 Å². The Labute approximate surface area is 119 Å². The van der Waals surface area contributed by atoms with Crippen molar-refractivity contribution in [3.8, 4) is 5.75 Å². The van der Waals surface area contributed by atoms with Gasteiger partial charge >= 0.3 is 5.97 Å². The van der Waals surface area contributed by atoms with E-state index in [1.54, 1.807) is 6.07 Å². The second-order valence-electron chi connectivity index (χ2n) is 3.91. The van der Waals surface area contributed by atoms with Crippen LogP contribution in [0, 0.1) is 0 Å². The number of hydrogen-bond donors (Lipinski definition) is 3. The molecule has 0 atom stereocenters. The van der Waals surface area contributed by atoms with Crippen LogP contribution in [0.15, 0.2) is 46.6 Å². The normalized spacial score (nSPS) is 10.8. The van der Waals surface area contributed by atoms with E-state index in [0.29, 0.717) is 11.4 Å². The Kier molecular flexibility index (Phi) is 3.86. The molecular formula is C13H10ClN3O3. The Hall–Kier alpha value is -2.60. The number of nitrogens with zero attached hydrogens (tertiary/aromatic N) is 2. The Morgan fingerprint density at radius 1 is 1.10 bits per heavy atom. The summed E-state index contributed by atoms with van der Waals surface area (Å²) in [6.45, 7) is 0. The standard InChI is InChI=1S/C13H10ClN3O3/c14-10-3-1-7(5-9(10)13(19)20)16-17-8-2-4-11(15)12(18)6-8/h1-6,18H,15H2,(H,19,20). The van der Waals surface area contributed by atoms with E-state index in [0.717, 1.165) is 0 Å². The maximum absolute atomic E-state index is 10.9. The quantitative estimate of drug-likeness (QED) is 0.454. The molecule has 0 heterocycles. The Bertz CT molecular complexity index is 701. The number of benzene rings is 2. The molecule has 4 N–H and O–H groups in total. The third-order valence-electron chi connectivity index (χ3n) is 2.48. The van der Waals surface area contributed by atoms with Crippen LogP contribution in [-0.2, 0) is 0 Å². The van der Waals surface area contributed by atoms with E-state index in [-0.39, 0.29) is 22.0 Å². The minimum atomic E-state index is -1.14. The van der Waals surface area contributed by atoms with E-state index < -0.39 is 5.97 Å². The van der Waals surface area contributed by atoms with E-state index in [1.807, 2.05) is 0 Å². The minimum absolute atomic E-state index is 0.0525. The summed E-state index contributed by atoms with van der Waals surface area (Å²) in [5.74, 6) is -1.24. The summed E-state index contributed by atoms with van der Waals surface area (Å²) < 4.78 is 0. The number of carboxylic acids is 1. The van der Waals surface area contributed by atoms with Gasteiger partial charge in [0.25, 0.3) is 0 Å². The first kappa shape index (κ1) is 13.8. The van der Waals surface area contributed by atoms with Gasteiger partial charge in [-0.1, -0.05) is 11.6 Å². The van der Waals surface area contributed by atoms with Crippen molar-refractivity contribution in [2.45, 2.75) is 0 Å². The van der Waals surface area contributed by atoms with E-state index in [2.05, 4.69) is 10.2 Å². The number of azo groups is 1. The second-order valence-corrected chi connectivity index (χ2v) is 4.32. The van der Waals surface area contributed by atoms with Crippen molar-refractivity contribution in [1.82, 2.24) is 0 Å². The lowest BCUT2D eigenvalue weighted by Gasteiger charge is -2.00. The van der Waals surface area contributed by atoms with Crippen LogP contribution in [0.4, 0.5) is 17.1 Å². The summed E-state index contributed by atoms with van der Waals surface area (Å²) in [7, 11) is 0. The summed E-state index contributed by atoms with van der Waals surface area (Å²) in [6, 6.07) is 8.70. The van der Waals surface area contributed by atoms with Crippen LogP contribution in [0.25, 0.3) is 0 Å². The number of nitrogens with two attached hydrogens (primary N) is 1. The van der Waals surface area contributed by atoms with Gasteiger partial charge in [-0.2, -0.15) is 10.2 Å². The van der Waals surface area contributed by atoms with Gasteiger partial charge in [0.15, 0.2) is 0 Å². The zero-order valence-corrected chi connectivity index (χ0v) is 10.9. The molecule has 2 aromatic rings. The van der Waals surface area contributed by atoms with Crippen LogP contribution < -0.4 is 5.73 Å². The molecule has 2 rings (SSSR count). The van der Waals surface area contributed by atoms with Crippen molar-refractivity contribution in [1.29, 1.82) is 0 Å². The number of aromatic carboxylic acids is 1. The molecule has 0 spiro atoms. The summed E-state index contributed by atoms with van der Waals surface area (Å²) >= 11 is 5.75. The van der Waals surface area contributed by atoms with Gasteiger partial charge in [0.2, 0.25) is 0 Å². The zero-order valence-electron chi connectivity index (χ0n) is 10.1. The number of carbonyl (C=O) groups is 1. The molecular weight excluding hydrogens is 282 g/mol. The van der Waals surface area contributed by atoms with Gasteiger partial charge in [0, 0.05) is 6.07 Å². The number of phenolic OH excluding ortho intramolecular Hbond substituents is 1. The Morgan fingerprint density at radius 2 is 1.70 bits per heavy atom. The SMILES string of the molecule is Nc1ccc(N=Nc2ccc(Cl)c(C(=O)O)c2)cc1O. The smallest absolute Gasteiger partial charge is 0.337 e. The van der Waals surface area contributed by atoms with Gasteiger partial charge in [0.1, 0.15) is 5.75 Å². The lowest BCUT2D eigenvalue weighted by Crippen LogP contribution is -1.96. The molecule has 0 saturated heterocycles. The number of carboxylic acid groups (broad SMARTS) is 1. The largest absolute Gasteiger partial charge is 0.506 e. The molecule has 20 heavy (non-hydrogen) atoms. The third kappa shape index (κ3) is 3.04. The molecule has 7 heteroatoms. The number of aromatic hydroxyl groups is 1. The number of anilines is 1. The molecule has 0 amide bonds. The molecule has 102 valence electrons. The van der Waals surface area contributed by atoms with Crippen molar-refractivity contribution in [2.24, 2.45) is 10.2 Å².